The molecule has 2 aliphatic rings. The third-order valence-electron chi connectivity index (χ3n) is 4.76. The molecule has 1 N–H and O–H groups in total. The zero-order valence-corrected chi connectivity index (χ0v) is 11.9. The molecular formula is C19H21N. The van der Waals surface area contributed by atoms with Crippen LogP contribution in [0.4, 0.5) is 5.69 Å². The summed E-state index contributed by atoms with van der Waals surface area (Å²) in [5.74, 6) is 0. The summed E-state index contributed by atoms with van der Waals surface area (Å²) in [5.41, 5.74) is 8.90. The van der Waals surface area contributed by atoms with Crippen LogP contribution >= 0.6 is 0 Å². The highest BCUT2D eigenvalue weighted by Crippen LogP contribution is 2.26. The summed E-state index contributed by atoms with van der Waals surface area (Å²) in [4.78, 5) is 0. The van der Waals surface area contributed by atoms with E-state index in [2.05, 4.69) is 41.7 Å². The fourth-order valence-electron chi connectivity index (χ4n) is 3.62. The molecule has 1 heteroatoms. The molecule has 0 radical (unpaired) electrons. The lowest BCUT2D eigenvalue weighted by Gasteiger charge is -2.10. The van der Waals surface area contributed by atoms with Gasteiger partial charge in [-0.25, -0.2) is 0 Å². The quantitative estimate of drug-likeness (QED) is 0.871. The second kappa shape index (κ2) is 4.97. The maximum atomic E-state index is 3.58. The first kappa shape index (κ1) is 12.0. The molecule has 0 saturated carbocycles. The van der Waals surface area contributed by atoms with Crippen molar-refractivity contribution in [1.29, 1.82) is 0 Å². The van der Waals surface area contributed by atoms with Crippen molar-refractivity contribution >= 4 is 5.69 Å². The van der Waals surface area contributed by atoms with Crippen LogP contribution in [0.15, 0.2) is 36.4 Å². The van der Waals surface area contributed by atoms with E-state index in [9.17, 15) is 0 Å². The molecule has 102 valence electrons. The number of aryl methyl sites for hydroxylation is 4. The molecule has 0 atom stereocenters. The Balaban J connectivity index is 1.47. The fourth-order valence-corrected chi connectivity index (χ4v) is 3.62. The van der Waals surface area contributed by atoms with E-state index in [1.54, 1.807) is 22.3 Å². The van der Waals surface area contributed by atoms with Crippen molar-refractivity contribution < 1.29 is 0 Å². The maximum absolute atomic E-state index is 3.58. The summed E-state index contributed by atoms with van der Waals surface area (Å²) in [6.07, 6.45) is 7.71. The summed E-state index contributed by atoms with van der Waals surface area (Å²) in [7, 11) is 0. The van der Waals surface area contributed by atoms with Crippen LogP contribution in [0.25, 0.3) is 0 Å². The SMILES string of the molecule is c1cc2c(cc1CNc1ccc3c(c1)CCC3)CCC2. The van der Waals surface area contributed by atoms with Gasteiger partial charge < -0.3 is 5.32 Å². The summed E-state index contributed by atoms with van der Waals surface area (Å²) in [6.45, 7) is 0.937. The lowest BCUT2D eigenvalue weighted by atomic mass is 10.1. The van der Waals surface area contributed by atoms with Crippen LogP contribution in [-0.4, -0.2) is 0 Å². The third-order valence-corrected chi connectivity index (χ3v) is 4.76. The van der Waals surface area contributed by atoms with Gasteiger partial charge >= 0.3 is 0 Å². The molecule has 2 aromatic carbocycles. The summed E-state index contributed by atoms with van der Waals surface area (Å²) in [6, 6.07) is 13.9. The fraction of sp³-hybridized carbons (Fsp3) is 0.368. The van der Waals surface area contributed by atoms with E-state index in [0.29, 0.717) is 0 Å². The molecule has 20 heavy (non-hydrogen) atoms. The van der Waals surface area contributed by atoms with Gasteiger partial charge in [0.25, 0.3) is 0 Å². The molecule has 0 unspecified atom stereocenters. The van der Waals surface area contributed by atoms with E-state index in [-0.39, 0.29) is 0 Å². The molecule has 0 aliphatic heterocycles. The largest absolute Gasteiger partial charge is 0.381 e. The third kappa shape index (κ3) is 2.22. The van der Waals surface area contributed by atoms with Gasteiger partial charge in [0.05, 0.1) is 0 Å². The number of anilines is 1. The minimum Gasteiger partial charge on any atom is -0.381 e. The molecule has 0 bridgehead atoms. The van der Waals surface area contributed by atoms with Crippen LogP contribution < -0.4 is 5.32 Å². The smallest absolute Gasteiger partial charge is 0.0400 e. The Morgan fingerprint density at radius 3 is 2.15 bits per heavy atom. The van der Waals surface area contributed by atoms with Crippen LogP contribution in [0, 0.1) is 0 Å². The lowest BCUT2D eigenvalue weighted by molar-refractivity contribution is 0.911. The Hall–Kier alpha value is -1.76. The zero-order chi connectivity index (χ0) is 13.4. The second-order valence-corrected chi connectivity index (χ2v) is 6.15. The van der Waals surface area contributed by atoms with Crippen molar-refractivity contribution in [2.45, 2.75) is 45.1 Å². The van der Waals surface area contributed by atoms with Gasteiger partial charge in [-0.15, -0.1) is 0 Å². The molecule has 0 spiro atoms. The molecule has 0 aromatic heterocycles. The van der Waals surface area contributed by atoms with Gasteiger partial charge in [0.15, 0.2) is 0 Å². The van der Waals surface area contributed by atoms with Crippen molar-refractivity contribution in [2.75, 3.05) is 5.32 Å². The van der Waals surface area contributed by atoms with Gasteiger partial charge in [0.1, 0.15) is 0 Å². The summed E-state index contributed by atoms with van der Waals surface area (Å²) >= 11 is 0. The van der Waals surface area contributed by atoms with Gasteiger partial charge in [-0.1, -0.05) is 24.3 Å². The van der Waals surface area contributed by atoms with Crippen LogP contribution in [0.2, 0.25) is 0 Å². The number of rotatable bonds is 3. The Morgan fingerprint density at radius 1 is 0.700 bits per heavy atom. The average Bonchev–Trinajstić information content (AvgIpc) is 3.12. The van der Waals surface area contributed by atoms with Crippen LogP contribution in [0.1, 0.15) is 40.7 Å². The van der Waals surface area contributed by atoms with Crippen molar-refractivity contribution in [1.82, 2.24) is 0 Å². The molecule has 0 saturated heterocycles. The Labute approximate surface area is 121 Å². The average molecular weight is 263 g/mol. The summed E-state index contributed by atoms with van der Waals surface area (Å²) in [5, 5.41) is 3.58. The first-order valence-corrected chi connectivity index (χ1v) is 7.85. The maximum Gasteiger partial charge on any atom is 0.0400 e. The first-order valence-electron chi connectivity index (χ1n) is 7.85. The zero-order valence-electron chi connectivity index (χ0n) is 11.9. The molecule has 2 aliphatic carbocycles. The lowest BCUT2D eigenvalue weighted by Crippen LogP contribution is -2.01. The first-order chi connectivity index (χ1) is 9.88. The van der Waals surface area contributed by atoms with Gasteiger partial charge in [-0.3, -0.25) is 0 Å². The topological polar surface area (TPSA) is 12.0 Å². The van der Waals surface area contributed by atoms with E-state index in [4.69, 9.17) is 0 Å². The highest BCUT2D eigenvalue weighted by atomic mass is 14.9. The van der Waals surface area contributed by atoms with Crippen LogP contribution in [0.3, 0.4) is 0 Å². The number of benzene rings is 2. The molecule has 0 heterocycles. The number of hydrogen-bond donors (Lipinski definition) is 1. The Bertz CT molecular complexity index is 585. The van der Waals surface area contributed by atoms with E-state index in [1.165, 1.54) is 49.8 Å². The van der Waals surface area contributed by atoms with Gasteiger partial charge in [-0.2, -0.15) is 0 Å². The predicted octanol–water partition coefficient (Wildman–Crippen LogP) is 4.28. The van der Waals surface area contributed by atoms with E-state index < -0.39 is 0 Å². The number of fused-ring (bicyclic) bond motifs is 2. The summed E-state index contributed by atoms with van der Waals surface area (Å²) < 4.78 is 0. The Morgan fingerprint density at radius 2 is 1.35 bits per heavy atom. The predicted molar refractivity (Wildman–Crippen MR) is 84.3 cm³/mol. The Kier molecular flexibility index (Phi) is 2.99. The van der Waals surface area contributed by atoms with Crippen LogP contribution in [-0.2, 0) is 32.2 Å². The molecule has 2 aromatic rings. The van der Waals surface area contributed by atoms with Gasteiger partial charge in [-0.05, 0) is 78.5 Å². The van der Waals surface area contributed by atoms with E-state index in [0.717, 1.165) is 6.54 Å². The minimum absolute atomic E-state index is 0.937. The second-order valence-electron chi connectivity index (χ2n) is 6.15. The van der Waals surface area contributed by atoms with E-state index >= 15 is 0 Å². The van der Waals surface area contributed by atoms with E-state index in [1.807, 2.05) is 0 Å². The minimum atomic E-state index is 0.937. The van der Waals surface area contributed by atoms with Crippen molar-refractivity contribution in [3.8, 4) is 0 Å². The normalized spacial score (nSPS) is 16.0. The molecule has 4 rings (SSSR count). The highest BCUT2D eigenvalue weighted by Gasteiger charge is 2.12. The monoisotopic (exact) mass is 263 g/mol. The molecule has 1 nitrogen and oxygen atoms in total. The van der Waals surface area contributed by atoms with Crippen molar-refractivity contribution in [3.05, 3.63) is 64.2 Å². The van der Waals surface area contributed by atoms with Crippen LogP contribution in [0.5, 0.6) is 0 Å². The van der Waals surface area contributed by atoms with Crippen molar-refractivity contribution in [3.63, 3.8) is 0 Å². The van der Waals surface area contributed by atoms with Crippen molar-refractivity contribution in [2.24, 2.45) is 0 Å². The molecular weight excluding hydrogens is 242 g/mol. The molecule has 0 amide bonds. The number of hydrogen-bond acceptors (Lipinski definition) is 1. The van der Waals surface area contributed by atoms with Gasteiger partial charge in [0.2, 0.25) is 0 Å². The molecule has 0 fully saturated rings. The van der Waals surface area contributed by atoms with Gasteiger partial charge in [0, 0.05) is 12.2 Å². The standard InChI is InChI=1S/C19H21N/c1-3-15-8-7-14(11-17(15)5-1)13-20-19-10-9-16-4-2-6-18(16)12-19/h7-12,20H,1-6,13H2. The highest BCUT2D eigenvalue weighted by molar-refractivity contribution is 5.50. The number of nitrogens with one attached hydrogen (secondary N) is 1.